The highest BCUT2D eigenvalue weighted by Crippen LogP contribution is 2.27. The molecule has 4 rings (SSSR count). The van der Waals surface area contributed by atoms with Crippen molar-refractivity contribution >= 4 is 29.4 Å². The first-order chi connectivity index (χ1) is 17.6. The quantitative estimate of drug-likeness (QED) is 0.270. The first-order valence-corrected chi connectivity index (χ1v) is 10.7. The minimum atomic E-state index is -5.33. The monoisotopic (exact) mass is 514 g/mol. The Balaban J connectivity index is 1.37. The summed E-state index contributed by atoms with van der Waals surface area (Å²) in [6, 6.07) is 12.0. The molecule has 0 spiro atoms. The van der Waals surface area contributed by atoms with Crippen molar-refractivity contribution in [1.29, 1.82) is 0 Å². The summed E-state index contributed by atoms with van der Waals surface area (Å²) < 4.78 is 35.9. The summed E-state index contributed by atoms with van der Waals surface area (Å²) in [4.78, 5) is 60.3. The molecule has 1 aliphatic heterocycles. The van der Waals surface area contributed by atoms with E-state index < -0.39 is 24.0 Å². The molecular formula is C24H17F3N4O6. The third-order valence-electron chi connectivity index (χ3n) is 5.13. The number of H-pyrrole nitrogens is 1. The van der Waals surface area contributed by atoms with Gasteiger partial charge in [-0.25, -0.2) is 19.4 Å². The molecule has 0 bridgehead atoms. The van der Waals surface area contributed by atoms with E-state index in [1.807, 2.05) is 12.1 Å². The van der Waals surface area contributed by atoms with E-state index in [4.69, 9.17) is 0 Å². The molecule has 0 fully saturated rings. The van der Waals surface area contributed by atoms with Gasteiger partial charge in [-0.3, -0.25) is 14.6 Å². The van der Waals surface area contributed by atoms with Gasteiger partial charge in [0.1, 0.15) is 0 Å². The summed E-state index contributed by atoms with van der Waals surface area (Å²) in [6.07, 6.45) is -1.79. The fourth-order valence-electron chi connectivity index (χ4n) is 3.41. The van der Waals surface area contributed by atoms with E-state index in [-0.39, 0.29) is 5.91 Å². The van der Waals surface area contributed by atoms with Crippen LogP contribution in [0.2, 0.25) is 0 Å². The highest BCUT2D eigenvalue weighted by atomic mass is 19.4. The number of nitrogens with zero attached hydrogens (tertiary/aromatic N) is 1. The predicted molar refractivity (Wildman–Crippen MR) is 122 cm³/mol. The zero-order valence-corrected chi connectivity index (χ0v) is 18.7. The van der Waals surface area contributed by atoms with Crippen LogP contribution in [0.5, 0.6) is 0 Å². The lowest BCUT2D eigenvalue weighted by Gasteiger charge is -2.11. The third-order valence-corrected chi connectivity index (χ3v) is 5.13. The maximum absolute atomic E-state index is 12.0. The third kappa shape index (κ3) is 6.20. The molecule has 0 aliphatic carbocycles. The standard InChI is InChI=1S/C24H17F3N4O6/c25-24(26,27)23(35)37-36-21(33)6-5-20(32)30-15-3-1-13(2-4-15)18-11-14(7-9-28-18)19-12-16-17(31-19)8-10-29-22(16)34/h1-7,9,11-12,31H,8,10H2,(H,29,34)(H,30,32)/b6-5-. The molecule has 2 amide bonds. The molecule has 3 heterocycles. The van der Waals surface area contributed by atoms with Crippen molar-refractivity contribution in [2.45, 2.75) is 12.6 Å². The average Bonchev–Trinajstić information content (AvgIpc) is 3.32. The summed E-state index contributed by atoms with van der Waals surface area (Å²) in [5, 5.41) is 5.25. The normalized spacial score (nSPS) is 13.0. The van der Waals surface area contributed by atoms with Crippen molar-refractivity contribution in [2.24, 2.45) is 0 Å². The largest absolute Gasteiger partial charge is 0.495 e. The summed E-state index contributed by atoms with van der Waals surface area (Å²) in [5.41, 5.74) is 4.85. The molecule has 37 heavy (non-hydrogen) atoms. The topological polar surface area (TPSA) is 139 Å². The first-order valence-electron chi connectivity index (χ1n) is 10.7. The van der Waals surface area contributed by atoms with Crippen molar-refractivity contribution in [3.05, 3.63) is 72.1 Å². The Labute approximate surface area is 206 Å². The molecule has 0 saturated carbocycles. The molecule has 0 unspecified atom stereocenters. The van der Waals surface area contributed by atoms with Crippen LogP contribution in [0, 0.1) is 0 Å². The molecule has 1 aliphatic rings. The van der Waals surface area contributed by atoms with Crippen LogP contribution in [-0.4, -0.2) is 46.4 Å². The second kappa shape index (κ2) is 10.4. The van der Waals surface area contributed by atoms with E-state index in [9.17, 15) is 32.3 Å². The molecule has 0 saturated heterocycles. The maximum Gasteiger partial charge on any atom is 0.495 e. The summed E-state index contributed by atoms with van der Waals surface area (Å²) >= 11 is 0. The van der Waals surface area contributed by atoms with Crippen molar-refractivity contribution in [2.75, 3.05) is 11.9 Å². The molecule has 1 aromatic carbocycles. The highest BCUT2D eigenvalue weighted by molar-refractivity contribution is 6.02. The molecule has 13 heteroatoms. The van der Waals surface area contributed by atoms with Gasteiger partial charge < -0.3 is 15.6 Å². The number of aromatic amines is 1. The van der Waals surface area contributed by atoms with Gasteiger partial charge in [-0.2, -0.15) is 13.2 Å². The van der Waals surface area contributed by atoms with Crippen LogP contribution in [0.3, 0.4) is 0 Å². The Morgan fingerprint density at radius 2 is 1.76 bits per heavy atom. The molecule has 3 aromatic rings. The van der Waals surface area contributed by atoms with E-state index >= 15 is 0 Å². The molecule has 2 aromatic heterocycles. The zero-order valence-electron chi connectivity index (χ0n) is 18.7. The number of halogens is 3. The summed E-state index contributed by atoms with van der Waals surface area (Å²) in [6.45, 7) is 0.577. The number of fused-ring (bicyclic) bond motifs is 1. The van der Waals surface area contributed by atoms with E-state index in [2.05, 4.69) is 30.4 Å². The number of aromatic nitrogens is 2. The molecule has 190 valence electrons. The van der Waals surface area contributed by atoms with Gasteiger partial charge in [0.25, 0.3) is 5.91 Å². The number of nitrogens with one attached hydrogen (secondary N) is 3. The lowest BCUT2D eigenvalue weighted by Crippen LogP contribution is -2.31. The van der Waals surface area contributed by atoms with Crippen LogP contribution < -0.4 is 10.6 Å². The number of benzene rings is 1. The Bertz CT molecular complexity index is 1400. The second-order valence-electron chi connectivity index (χ2n) is 7.68. The van der Waals surface area contributed by atoms with Crippen LogP contribution in [-0.2, 0) is 30.6 Å². The number of alkyl halides is 3. The van der Waals surface area contributed by atoms with Gasteiger partial charge in [-0.05, 0) is 30.3 Å². The number of amides is 2. The lowest BCUT2D eigenvalue weighted by molar-refractivity contribution is -0.282. The maximum atomic E-state index is 12.0. The minimum absolute atomic E-state index is 0.118. The lowest BCUT2D eigenvalue weighted by atomic mass is 10.1. The van der Waals surface area contributed by atoms with E-state index in [1.165, 1.54) is 0 Å². The van der Waals surface area contributed by atoms with E-state index in [0.717, 1.165) is 22.5 Å². The van der Waals surface area contributed by atoms with Crippen molar-refractivity contribution in [3.8, 4) is 22.5 Å². The van der Waals surface area contributed by atoms with Crippen LogP contribution in [0.15, 0.2) is 60.8 Å². The summed E-state index contributed by atoms with van der Waals surface area (Å²) in [7, 11) is 0. The number of rotatable bonds is 5. The first kappa shape index (κ1) is 25.2. The van der Waals surface area contributed by atoms with Gasteiger partial charge in [0.05, 0.1) is 11.3 Å². The fraction of sp³-hybridized carbons (Fsp3) is 0.125. The molecular weight excluding hydrogens is 497 g/mol. The minimum Gasteiger partial charge on any atom is -0.358 e. The molecule has 0 radical (unpaired) electrons. The average molecular weight is 514 g/mol. The number of carbonyl (C=O) groups is 4. The van der Waals surface area contributed by atoms with Gasteiger partial charge in [-0.1, -0.05) is 12.1 Å². The van der Waals surface area contributed by atoms with E-state index in [0.29, 0.717) is 42.1 Å². The van der Waals surface area contributed by atoms with Crippen LogP contribution in [0.25, 0.3) is 22.5 Å². The van der Waals surface area contributed by atoms with Crippen molar-refractivity contribution < 1.29 is 42.1 Å². The number of carbonyl (C=O) groups excluding carboxylic acids is 4. The van der Waals surface area contributed by atoms with Gasteiger partial charge >= 0.3 is 18.1 Å². The number of anilines is 1. The van der Waals surface area contributed by atoms with Gasteiger partial charge in [0.15, 0.2) is 0 Å². The Kier molecular flexibility index (Phi) is 7.04. The Hall–Kier alpha value is -4.94. The fourth-order valence-corrected chi connectivity index (χ4v) is 3.41. The van der Waals surface area contributed by atoms with Crippen molar-refractivity contribution in [3.63, 3.8) is 0 Å². The molecule has 10 nitrogen and oxygen atoms in total. The number of hydrogen-bond donors (Lipinski definition) is 3. The van der Waals surface area contributed by atoms with Crippen LogP contribution in [0.1, 0.15) is 16.1 Å². The second-order valence-corrected chi connectivity index (χ2v) is 7.68. The van der Waals surface area contributed by atoms with E-state index in [1.54, 1.807) is 36.5 Å². The van der Waals surface area contributed by atoms with Crippen molar-refractivity contribution in [1.82, 2.24) is 15.3 Å². The Morgan fingerprint density at radius 1 is 1.00 bits per heavy atom. The highest BCUT2D eigenvalue weighted by Gasteiger charge is 2.43. The smallest absolute Gasteiger partial charge is 0.358 e. The number of hydrogen-bond acceptors (Lipinski definition) is 7. The summed E-state index contributed by atoms with van der Waals surface area (Å²) in [5.74, 6) is -5.10. The predicted octanol–water partition coefficient (Wildman–Crippen LogP) is 3.09. The van der Waals surface area contributed by atoms with Gasteiger partial charge in [-0.15, -0.1) is 0 Å². The molecule has 3 N–H and O–H groups in total. The SMILES string of the molecule is O=C(/C=C\C(=O)OOC(=O)C(F)(F)F)Nc1ccc(-c2cc(-c3cc4c([nH]3)CCNC4=O)ccn2)cc1. The van der Waals surface area contributed by atoms with Gasteiger partial charge in [0, 0.05) is 59.5 Å². The number of pyridine rings is 1. The van der Waals surface area contributed by atoms with Crippen LogP contribution in [0.4, 0.5) is 18.9 Å². The molecule has 0 atom stereocenters. The zero-order chi connectivity index (χ0) is 26.6. The van der Waals surface area contributed by atoms with Crippen LogP contribution >= 0.6 is 0 Å². The van der Waals surface area contributed by atoms with Gasteiger partial charge in [0.2, 0.25) is 5.91 Å². The Morgan fingerprint density at radius 3 is 2.46 bits per heavy atom.